The van der Waals surface area contributed by atoms with Crippen molar-refractivity contribution < 1.29 is 26.7 Å². The molecule has 29 heavy (non-hydrogen) atoms. The molecule has 0 unspecified atom stereocenters. The Balaban J connectivity index is 1.84. The molecule has 0 saturated heterocycles. The number of aromatic nitrogens is 1. The van der Waals surface area contributed by atoms with Crippen LogP contribution in [0.2, 0.25) is 0 Å². The lowest BCUT2D eigenvalue weighted by Crippen LogP contribution is -2.15. The van der Waals surface area contributed by atoms with E-state index in [0.29, 0.717) is 29.4 Å². The molecule has 0 spiro atoms. The van der Waals surface area contributed by atoms with E-state index in [1.165, 1.54) is 37.7 Å². The van der Waals surface area contributed by atoms with Crippen LogP contribution in [0.4, 0.5) is 20.2 Å². The topological polar surface area (TPSA) is 97.4 Å². The highest BCUT2D eigenvalue weighted by Gasteiger charge is 2.18. The molecule has 0 aliphatic heterocycles. The lowest BCUT2D eigenvalue weighted by Gasteiger charge is -2.13. The molecule has 0 atom stereocenters. The van der Waals surface area contributed by atoms with Gasteiger partial charge < -0.3 is 10.1 Å². The largest absolute Gasteiger partial charge is 0.494 e. The van der Waals surface area contributed by atoms with Gasteiger partial charge in [-0.25, -0.2) is 17.2 Å². The standard InChI is InChI=1S/C19H15F2N3O4S/c1-28-18-10-15(24-29(26,27)16-8-13(20)7-14(21)9-16)4-5-17(18)23-19(25)12-3-2-6-22-11-12/h2-11,24H,1H3,(H,23,25). The zero-order valence-electron chi connectivity index (χ0n) is 15.0. The van der Waals surface area contributed by atoms with E-state index in [1.807, 2.05) is 0 Å². The number of nitrogens with zero attached hydrogens (tertiary/aromatic N) is 1. The molecule has 150 valence electrons. The average molecular weight is 419 g/mol. The Kier molecular flexibility index (Phi) is 5.74. The fourth-order valence-electron chi connectivity index (χ4n) is 2.45. The van der Waals surface area contributed by atoms with Crippen LogP contribution in [-0.2, 0) is 10.0 Å². The number of carbonyl (C=O) groups is 1. The van der Waals surface area contributed by atoms with Crippen molar-refractivity contribution >= 4 is 27.3 Å². The first-order valence-corrected chi connectivity index (χ1v) is 9.65. The van der Waals surface area contributed by atoms with Crippen LogP contribution >= 0.6 is 0 Å². The van der Waals surface area contributed by atoms with Gasteiger partial charge in [0, 0.05) is 24.5 Å². The van der Waals surface area contributed by atoms with E-state index < -0.39 is 32.5 Å². The van der Waals surface area contributed by atoms with Gasteiger partial charge in [0.2, 0.25) is 0 Å². The van der Waals surface area contributed by atoms with E-state index in [0.717, 1.165) is 0 Å². The molecule has 0 fully saturated rings. The molecule has 2 N–H and O–H groups in total. The summed E-state index contributed by atoms with van der Waals surface area (Å²) >= 11 is 0. The second-order valence-corrected chi connectivity index (χ2v) is 7.50. The molecule has 3 aromatic rings. The van der Waals surface area contributed by atoms with E-state index in [4.69, 9.17) is 4.74 Å². The number of nitrogens with one attached hydrogen (secondary N) is 2. The number of anilines is 2. The Bertz CT molecular complexity index is 1140. The number of hydrogen-bond donors (Lipinski definition) is 2. The minimum absolute atomic E-state index is 0.0749. The maximum absolute atomic E-state index is 13.3. The molecular weight excluding hydrogens is 404 g/mol. The summed E-state index contributed by atoms with van der Waals surface area (Å²) in [6.07, 6.45) is 2.92. The molecule has 7 nitrogen and oxygen atoms in total. The summed E-state index contributed by atoms with van der Waals surface area (Å²) in [6.45, 7) is 0. The first kappa shape index (κ1) is 20.2. The summed E-state index contributed by atoms with van der Waals surface area (Å²) in [7, 11) is -2.90. The Morgan fingerprint density at radius 3 is 2.41 bits per heavy atom. The number of pyridine rings is 1. The number of amides is 1. The highest BCUT2D eigenvalue weighted by atomic mass is 32.2. The number of rotatable bonds is 6. The van der Waals surface area contributed by atoms with Crippen molar-refractivity contribution in [2.75, 3.05) is 17.1 Å². The zero-order chi connectivity index (χ0) is 21.0. The minimum Gasteiger partial charge on any atom is -0.494 e. The second-order valence-electron chi connectivity index (χ2n) is 5.82. The minimum atomic E-state index is -4.24. The van der Waals surface area contributed by atoms with Gasteiger partial charge in [-0.1, -0.05) is 0 Å². The summed E-state index contributed by atoms with van der Waals surface area (Å²) in [5.41, 5.74) is 0.694. The summed E-state index contributed by atoms with van der Waals surface area (Å²) in [6, 6.07) is 9.28. The number of methoxy groups -OCH3 is 1. The van der Waals surface area contributed by atoms with Gasteiger partial charge in [-0.15, -0.1) is 0 Å². The molecule has 1 aromatic heterocycles. The smallest absolute Gasteiger partial charge is 0.262 e. The van der Waals surface area contributed by atoms with Gasteiger partial charge >= 0.3 is 0 Å². The van der Waals surface area contributed by atoms with Gasteiger partial charge in [0.05, 0.1) is 28.9 Å². The SMILES string of the molecule is COc1cc(NS(=O)(=O)c2cc(F)cc(F)c2)ccc1NC(=O)c1cccnc1. The molecule has 1 amide bonds. The predicted molar refractivity (Wildman–Crippen MR) is 102 cm³/mol. The highest BCUT2D eigenvalue weighted by molar-refractivity contribution is 7.92. The zero-order valence-corrected chi connectivity index (χ0v) is 15.8. The molecule has 1 heterocycles. The van der Waals surface area contributed by atoms with Crippen molar-refractivity contribution in [2.45, 2.75) is 4.90 Å². The van der Waals surface area contributed by atoms with Crippen molar-refractivity contribution in [1.82, 2.24) is 4.98 Å². The highest BCUT2D eigenvalue weighted by Crippen LogP contribution is 2.29. The van der Waals surface area contributed by atoms with E-state index >= 15 is 0 Å². The van der Waals surface area contributed by atoms with Gasteiger partial charge in [-0.05, 0) is 36.4 Å². The normalized spacial score (nSPS) is 11.0. The predicted octanol–water partition coefficient (Wildman–Crippen LogP) is 3.42. The van der Waals surface area contributed by atoms with E-state index in [-0.39, 0.29) is 11.4 Å². The van der Waals surface area contributed by atoms with E-state index in [1.54, 1.807) is 12.1 Å². The van der Waals surface area contributed by atoms with Crippen molar-refractivity contribution in [2.24, 2.45) is 0 Å². The van der Waals surface area contributed by atoms with Crippen LogP contribution in [0, 0.1) is 11.6 Å². The molecule has 2 aromatic carbocycles. The van der Waals surface area contributed by atoms with Crippen LogP contribution in [0.25, 0.3) is 0 Å². The van der Waals surface area contributed by atoms with Crippen LogP contribution < -0.4 is 14.8 Å². The Morgan fingerprint density at radius 1 is 1.07 bits per heavy atom. The quantitative estimate of drug-likeness (QED) is 0.638. The van der Waals surface area contributed by atoms with Gasteiger partial charge in [0.15, 0.2) is 0 Å². The van der Waals surface area contributed by atoms with Crippen molar-refractivity contribution in [3.8, 4) is 5.75 Å². The van der Waals surface area contributed by atoms with Crippen molar-refractivity contribution in [3.05, 3.63) is 78.1 Å². The molecular formula is C19H15F2N3O4S. The lowest BCUT2D eigenvalue weighted by molar-refractivity contribution is 0.102. The van der Waals surface area contributed by atoms with Gasteiger partial charge in [0.1, 0.15) is 17.4 Å². The molecule has 0 bridgehead atoms. The van der Waals surface area contributed by atoms with Crippen LogP contribution in [0.1, 0.15) is 10.4 Å². The van der Waals surface area contributed by atoms with E-state index in [2.05, 4.69) is 15.0 Å². The van der Waals surface area contributed by atoms with Gasteiger partial charge in [-0.3, -0.25) is 14.5 Å². The van der Waals surface area contributed by atoms with Crippen LogP contribution in [0.3, 0.4) is 0 Å². The Labute approximate surface area is 165 Å². The number of benzene rings is 2. The number of halogens is 2. The fourth-order valence-corrected chi connectivity index (χ4v) is 3.54. The first-order chi connectivity index (χ1) is 13.8. The number of sulfonamides is 1. The molecule has 0 saturated carbocycles. The third kappa shape index (κ3) is 4.85. The molecule has 0 aliphatic carbocycles. The monoisotopic (exact) mass is 419 g/mol. The number of hydrogen-bond acceptors (Lipinski definition) is 5. The van der Waals surface area contributed by atoms with Crippen molar-refractivity contribution in [1.29, 1.82) is 0 Å². The maximum Gasteiger partial charge on any atom is 0.262 e. The molecule has 0 radical (unpaired) electrons. The van der Waals surface area contributed by atoms with E-state index in [9.17, 15) is 22.0 Å². The average Bonchev–Trinajstić information content (AvgIpc) is 2.68. The lowest BCUT2D eigenvalue weighted by atomic mass is 10.2. The van der Waals surface area contributed by atoms with Gasteiger partial charge in [-0.2, -0.15) is 0 Å². The third-order valence-corrected chi connectivity index (χ3v) is 5.13. The summed E-state index contributed by atoms with van der Waals surface area (Å²) in [5, 5.41) is 2.63. The Morgan fingerprint density at radius 2 is 1.79 bits per heavy atom. The molecule has 10 heteroatoms. The summed E-state index contributed by atoms with van der Waals surface area (Å²) < 4.78 is 58.9. The van der Waals surface area contributed by atoms with Gasteiger partial charge in [0.25, 0.3) is 15.9 Å². The maximum atomic E-state index is 13.3. The second kappa shape index (κ2) is 8.23. The third-order valence-electron chi connectivity index (χ3n) is 3.77. The number of ether oxygens (including phenoxy) is 1. The summed E-state index contributed by atoms with van der Waals surface area (Å²) in [4.78, 5) is 15.6. The van der Waals surface area contributed by atoms with Crippen LogP contribution in [0.5, 0.6) is 5.75 Å². The number of carbonyl (C=O) groups excluding carboxylic acids is 1. The first-order valence-electron chi connectivity index (χ1n) is 8.17. The summed E-state index contributed by atoms with van der Waals surface area (Å²) in [5.74, 6) is -2.29. The fraction of sp³-hybridized carbons (Fsp3) is 0.0526. The molecule has 3 rings (SSSR count). The Hall–Kier alpha value is -3.53. The van der Waals surface area contributed by atoms with Crippen LogP contribution in [0.15, 0.2) is 65.8 Å². The van der Waals surface area contributed by atoms with Crippen molar-refractivity contribution in [3.63, 3.8) is 0 Å². The van der Waals surface area contributed by atoms with Crippen LogP contribution in [-0.4, -0.2) is 26.4 Å². The molecule has 0 aliphatic rings.